The molecule has 0 spiro atoms. The summed E-state index contributed by atoms with van der Waals surface area (Å²) in [6, 6.07) is 10.1. The second kappa shape index (κ2) is 9.01. The van der Waals surface area contributed by atoms with Gasteiger partial charge in [0, 0.05) is 0 Å². The molecule has 0 radical (unpaired) electrons. The predicted octanol–water partition coefficient (Wildman–Crippen LogP) is 4.62. The van der Waals surface area contributed by atoms with E-state index in [9.17, 15) is 18.4 Å². The van der Waals surface area contributed by atoms with Crippen LogP contribution in [0.1, 0.15) is 22.3 Å². The standard InChI is InChI=1S/C20H18F3N3O3/c1-12-3-5-15(8-16(12)20(21,22)23)29-17-6-4-13(7-14(17)10-24)11-28-19(26)9-18(25)27-2/h3-9,25H,11,26H2,1-2H3. The summed E-state index contributed by atoms with van der Waals surface area (Å²) in [5.74, 6) is -0.151. The molecule has 0 atom stereocenters. The van der Waals surface area contributed by atoms with E-state index in [2.05, 4.69) is 4.74 Å². The Morgan fingerprint density at radius 1 is 1.24 bits per heavy atom. The Balaban J connectivity index is 2.19. The number of aryl methyl sites for hydroxylation is 1. The Morgan fingerprint density at radius 2 is 1.97 bits per heavy atom. The molecule has 2 aromatic rings. The van der Waals surface area contributed by atoms with Gasteiger partial charge in [-0.15, -0.1) is 0 Å². The highest BCUT2D eigenvalue weighted by Gasteiger charge is 2.32. The van der Waals surface area contributed by atoms with Gasteiger partial charge in [0.15, 0.2) is 5.88 Å². The number of hydrogen-bond donors (Lipinski definition) is 2. The van der Waals surface area contributed by atoms with Crippen LogP contribution in [0.2, 0.25) is 0 Å². The van der Waals surface area contributed by atoms with Crippen molar-refractivity contribution in [1.82, 2.24) is 0 Å². The third-order valence-corrected chi connectivity index (χ3v) is 3.81. The molecule has 0 heterocycles. The van der Waals surface area contributed by atoms with E-state index in [4.69, 9.17) is 20.6 Å². The van der Waals surface area contributed by atoms with Crippen LogP contribution in [0.3, 0.4) is 0 Å². The van der Waals surface area contributed by atoms with Crippen molar-refractivity contribution in [2.75, 3.05) is 7.11 Å². The molecule has 2 rings (SSSR count). The van der Waals surface area contributed by atoms with Crippen molar-refractivity contribution in [3.8, 4) is 17.6 Å². The van der Waals surface area contributed by atoms with E-state index in [0.717, 1.165) is 6.07 Å². The van der Waals surface area contributed by atoms with Crippen LogP contribution < -0.4 is 10.5 Å². The van der Waals surface area contributed by atoms with Crippen LogP contribution in [0.15, 0.2) is 48.4 Å². The molecule has 3 N–H and O–H groups in total. The Kier molecular flexibility index (Phi) is 6.72. The van der Waals surface area contributed by atoms with Crippen molar-refractivity contribution >= 4 is 5.90 Å². The molecule has 0 bridgehead atoms. The SMILES string of the molecule is COC(=N)C=C(N)OCc1ccc(Oc2ccc(C)c(C(F)(F)F)c2)c(C#N)c1. The van der Waals surface area contributed by atoms with Crippen LogP contribution in [0.25, 0.3) is 0 Å². The fourth-order valence-electron chi connectivity index (χ4n) is 2.34. The monoisotopic (exact) mass is 405 g/mol. The van der Waals surface area contributed by atoms with Gasteiger partial charge in [0.25, 0.3) is 0 Å². The number of hydrogen-bond acceptors (Lipinski definition) is 6. The Bertz CT molecular complexity index is 979. The van der Waals surface area contributed by atoms with Gasteiger partial charge < -0.3 is 19.9 Å². The van der Waals surface area contributed by atoms with Gasteiger partial charge in [-0.1, -0.05) is 12.1 Å². The Hall–Kier alpha value is -3.67. The number of nitrogens with zero attached hydrogens (tertiary/aromatic N) is 1. The molecule has 0 aliphatic carbocycles. The van der Waals surface area contributed by atoms with Crippen molar-refractivity contribution in [3.63, 3.8) is 0 Å². The van der Waals surface area contributed by atoms with Crippen LogP contribution in [-0.4, -0.2) is 13.0 Å². The third kappa shape index (κ3) is 5.90. The van der Waals surface area contributed by atoms with Crippen LogP contribution in [0.5, 0.6) is 11.5 Å². The number of methoxy groups -OCH3 is 1. The van der Waals surface area contributed by atoms with Gasteiger partial charge in [0.2, 0.25) is 5.90 Å². The number of nitrogens with one attached hydrogen (secondary N) is 1. The second-order valence-electron chi connectivity index (χ2n) is 5.92. The van der Waals surface area contributed by atoms with E-state index in [0.29, 0.717) is 5.56 Å². The summed E-state index contributed by atoms with van der Waals surface area (Å²) in [5, 5.41) is 16.7. The van der Waals surface area contributed by atoms with Crippen molar-refractivity contribution in [2.24, 2.45) is 5.73 Å². The van der Waals surface area contributed by atoms with Crippen molar-refractivity contribution < 1.29 is 27.4 Å². The number of alkyl halides is 3. The van der Waals surface area contributed by atoms with Gasteiger partial charge in [0.05, 0.1) is 24.3 Å². The molecule has 0 saturated heterocycles. The molecule has 6 nitrogen and oxygen atoms in total. The maximum absolute atomic E-state index is 13.1. The first-order chi connectivity index (χ1) is 13.6. The zero-order valence-electron chi connectivity index (χ0n) is 15.6. The van der Waals surface area contributed by atoms with Crippen LogP contribution >= 0.6 is 0 Å². The summed E-state index contributed by atoms with van der Waals surface area (Å²) in [6.45, 7) is 1.37. The molecule has 0 unspecified atom stereocenters. The number of halogens is 3. The first kappa shape index (κ1) is 21.6. The molecule has 0 fully saturated rings. The zero-order valence-corrected chi connectivity index (χ0v) is 15.6. The summed E-state index contributed by atoms with van der Waals surface area (Å²) < 4.78 is 54.6. The third-order valence-electron chi connectivity index (χ3n) is 3.81. The minimum atomic E-state index is -4.50. The minimum absolute atomic E-state index is 0.0110. The topological polar surface area (TPSA) is 101 Å². The molecule has 0 aliphatic heterocycles. The summed E-state index contributed by atoms with van der Waals surface area (Å²) in [7, 11) is 1.32. The lowest BCUT2D eigenvalue weighted by Crippen LogP contribution is -2.07. The lowest BCUT2D eigenvalue weighted by atomic mass is 10.1. The van der Waals surface area contributed by atoms with E-state index >= 15 is 0 Å². The van der Waals surface area contributed by atoms with E-state index in [1.54, 1.807) is 6.07 Å². The van der Waals surface area contributed by atoms with E-state index < -0.39 is 11.7 Å². The quantitative estimate of drug-likeness (QED) is 0.415. The maximum Gasteiger partial charge on any atom is 0.416 e. The number of benzene rings is 2. The smallest absolute Gasteiger partial charge is 0.416 e. The van der Waals surface area contributed by atoms with E-state index in [-0.39, 0.29) is 41.0 Å². The minimum Gasteiger partial charge on any atom is -0.481 e. The average molecular weight is 405 g/mol. The van der Waals surface area contributed by atoms with Crippen molar-refractivity contribution in [2.45, 2.75) is 19.7 Å². The summed E-state index contributed by atoms with van der Waals surface area (Å²) in [4.78, 5) is 0. The van der Waals surface area contributed by atoms with Gasteiger partial charge >= 0.3 is 6.18 Å². The Labute approximate surface area is 165 Å². The molecule has 2 aromatic carbocycles. The van der Waals surface area contributed by atoms with Gasteiger partial charge in [-0.3, -0.25) is 5.41 Å². The highest BCUT2D eigenvalue weighted by molar-refractivity contribution is 5.84. The van der Waals surface area contributed by atoms with Crippen molar-refractivity contribution in [1.29, 1.82) is 10.7 Å². The molecular weight excluding hydrogens is 387 g/mol. The molecule has 0 aromatic heterocycles. The number of nitriles is 1. The average Bonchev–Trinajstić information content (AvgIpc) is 2.67. The highest BCUT2D eigenvalue weighted by atomic mass is 19.4. The van der Waals surface area contributed by atoms with Crippen molar-refractivity contribution in [3.05, 3.63) is 70.6 Å². The number of rotatable bonds is 6. The largest absolute Gasteiger partial charge is 0.481 e. The zero-order chi connectivity index (χ0) is 21.6. The molecule has 152 valence electrons. The molecule has 29 heavy (non-hydrogen) atoms. The first-order valence-corrected chi connectivity index (χ1v) is 8.25. The predicted molar refractivity (Wildman–Crippen MR) is 99.2 cm³/mol. The van der Waals surface area contributed by atoms with Crippen LogP contribution in [0, 0.1) is 23.7 Å². The van der Waals surface area contributed by atoms with E-state index in [1.807, 2.05) is 6.07 Å². The van der Waals surface area contributed by atoms with Gasteiger partial charge in [-0.25, -0.2) is 0 Å². The van der Waals surface area contributed by atoms with E-state index in [1.165, 1.54) is 44.4 Å². The number of ether oxygens (including phenoxy) is 3. The lowest BCUT2D eigenvalue weighted by Gasteiger charge is -2.14. The molecule has 9 heteroatoms. The second-order valence-corrected chi connectivity index (χ2v) is 5.92. The fourth-order valence-corrected chi connectivity index (χ4v) is 2.34. The maximum atomic E-state index is 13.1. The summed E-state index contributed by atoms with van der Waals surface area (Å²) in [5.41, 5.74) is 5.57. The fraction of sp³-hybridized carbons (Fsp3) is 0.200. The summed E-state index contributed by atoms with van der Waals surface area (Å²) >= 11 is 0. The molecule has 0 amide bonds. The molecule has 0 saturated carbocycles. The molecular formula is C20H18F3N3O3. The summed E-state index contributed by atoms with van der Waals surface area (Å²) in [6.07, 6.45) is -3.33. The van der Waals surface area contributed by atoms with Gasteiger partial charge in [0.1, 0.15) is 24.2 Å². The Morgan fingerprint density at radius 3 is 2.59 bits per heavy atom. The highest BCUT2D eigenvalue weighted by Crippen LogP contribution is 2.35. The molecule has 0 aliphatic rings. The van der Waals surface area contributed by atoms with Gasteiger partial charge in [-0.05, 0) is 42.3 Å². The first-order valence-electron chi connectivity index (χ1n) is 8.25. The normalized spacial score (nSPS) is 11.5. The number of nitrogens with two attached hydrogens (primary N) is 1. The van der Waals surface area contributed by atoms with Crippen LogP contribution in [0.4, 0.5) is 13.2 Å². The van der Waals surface area contributed by atoms with Gasteiger partial charge in [-0.2, -0.15) is 18.4 Å². The lowest BCUT2D eigenvalue weighted by molar-refractivity contribution is -0.138. The van der Waals surface area contributed by atoms with Crippen LogP contribution in [-0.2, 0) is 22.3 Å².